The molecule has 0 aliphatic carbocycles. The average Bonchev–Trinajstić information content (AvgIpc) is 3.52. The zero-order valence-corrected chi connectivity index (χ0v) is 26.2. The van der Waals surface area contributed by atoms with E-state index in [-0.39, 0.29) is 49.8 Å². The van der Waals surface area contributed by atoms with Crippen molar-refractivity contribution in [3.8, 4) is 0 Å². The van der Waals surface area contributed by atoms with Gasteiger partial charge in [-0.2, -0.15) is 13.2 Å². The Balaban J connectivity index is 1.53. The highest BCUT2D eigenvalue weighted by atomic mass is 35.5. The smallest absolute Gasteiger partial charge is 0.466 e. The fourth-order valence-electron chi connectivity index (χ4n) is 6.17. The van der Waals surface area contributed by atoms with Crippen molar-refractivity contribution in [2.45, 2.75) is 56.0 Å². The maximum absolute atomic E-state index is 14.0. The zero-order valence-electron chi connectivity index (χ0n) is 24.7. The number of amides is 1. The summed E-state index contributed by atoms with van der Waals surface area (Å²) in [6.07, 6.45) is -4.21. The van der Waals surface area contributed by atoms with Gasteiger partial charge in [0.05, 0.1) is 44.5 Å². The lowest BCUT2D eigenvalue weighted by Crippen LogP contribution is -2.68. The van der Waals surface area contributed by atoms with E-state index in [0.29, 0.717) is 22.1 Å². The molecular weight excluding hydrogens is 658 g/mol. The number of nitrogens with one attached hydrogen (secondary N) is 2. The predicted molar refractivity (Wildman–Crippen MR) is 157 cm³/mol. The first-order valence-corrected chi connectivity index (χ1v) is 15.5. The Bertz CT molecular complexity index is 1540. The van der Waals surface area contributed by atoms with E-state index in [1.54, 1.807) is 18.5 Å². The molecule has 3 aliphatic rings. The van der Waals surface area contributed by atoms with Crippen LogP contribution in [0.5, 0.6) is 0 Å². The molecule has 17 heteroatoms. The first-order chi connectivity index (χ1) is 21.8. The summed E-state index contributed by atoms with van der Waals surface area (Å²) >= 11 is 7.72. The van der Waals surface area contributed by atoms with Crippen molar-refractivity contribution in [2.75, 3.05) is 33.5 Å². The summed E-state index contributed by atoms with van der Waals surface area (Å²) in [5.74, 6) is -3.90. The SMILES string of the molecule is CCOC(=O)CC1(NC(=O)C(F)(F)F)CC2COCC(C1)N2CC1=C(C(=O)OC)[C@H](c2ccc(F)cc2Cl)N=C(c2nccs2)N1. The van der Waals surface area contributed by atoms with E-state index < -0.39 is 59.9 Å². The number of carbonyl (C=O) groups is 3. The second-order valence-corrected chi connectivity index (χ2v) is 12.3. The third kappa shape index (κ3) is 7.19. The number of ether oxygens (including phenoxy) is 3. The number of fused-ring (bicyclic) bond motifs is 2. The lowest BCUT2D eigenvalue weighted by Gasteiger charge is -2.53. The van der Waals surface area contributed by atoms with E-state index in [1.807, 2.05) is 4.90 Å². The Morgan fingerprint density at radius 3 is 2.54 bits per heavy atom. The summed E-state index contributed by atoms with van der Waals surface area (Å²) in [6.45, 7) is 1.78. The number of morpholine rings is 1. The highest BCUT2D eigenvalue weighted by molar-refractivity contribution is 7.11. The van der Waals surface area contributed by atoms with Crippen LogP contribution in [0.15, 0.2) is 46.0 Å². The average molecular weight is 688 g/mol. The molecule has 1 aromatic carbocycles. The molecule has 2 N–H and O–H groups in total. The molecule has 2 saturated heterocycles. The number of aromatic nitrogens is 1. The molecular formula is C29H30ClF4N5O6S. The molecule has 2 aromatic rings. The highest BCUT2D eigenvalue weighted by Crippen LogP contribution is 2.41. The number of hydrogen-bond donors (Lipinski definition) is 2. The fraction of sp³-hybridized carbons (Fsp3) is 0.483. The van der Waals surface area contributed by atoms with Crippen molar-refractivity contribution in [3.63, 3.8) is 0 Å². The van der Waals surface area contributed by atoms with E-state index in [4.69, 9.17) is 30.8 Å². The van der Waals surface area contributed by atoms with E-state index in [0.717, 1.165) is 6.07 Å². The van der Waals surface area contributed by atoms with Gasteiger partial charge in [-0.3, -0.25) is 19.5 Å². The Hall–Kier alpha value is -3.60. The van der Waals surface area contributed by atoms with Crippen LogP contribution < -0.4 is 10.6 Å². The number of carbonyl (C=O) groups excluding carboxylic acids is 3. The van der Waals surface area contributed by atoms with Gasteiger partial charge in [0.15, 0.2) is 10.8 Å². The molecule has 0 radical (unpaired) electrons. The second-order valence-electron chi connectivity index (χ2n) is 11.0. The Kier molecular flexibility index (Phi) is 10.0. The lowest BCUT2D eigenvalue weighted by atomic mass is 9.76. The van der Waals surface area contributed by atoms with Crippen molar-refractivity contribution in [1.29, 1.82) is 0 Å². The van der Waals surface area contributed by atoms with Gasteiger partial charge < -0.3 is 24.8 Å². The van der Waals surface area contributed by atoms with E-state index in [9.17, 15) is 31.9 Å². The van der Waals surface area contributed by atoms with E-state index in [2.05, 4.69) is 15.6 Å². The maximum atomic E-state index is 14.0. The molecule has 2 bridgehead atoms. The molecule has 2 unspecified atom stereocenters. The van der Waals surface area contributed by atoms with Gasteiger partial charge in [-0.15, -0.1) is 11.3 Å². The zero-order chi connectivity index (χ0) is 33.2. The quantitative estimate of drug-likeness (QED) is 0.299. The summed E-state index contributed by atoms with van der Waals surface area (Å²) in [7, 11) is 1.20. The number of halogens is 5. The van der Waals surface area contributed by atoms with Crippen LogP contribution in [-0.4, -0.2) is 90.8 Å². The minimum Gasteiger partial charge on any atom is -0.466 e. The van der Waals surface area contributed by atoms with Crippen LogP contribution in [0, 0.1) is 5.82 Å². The maximum Gasteiger partial charge on any atom is 0.471 e. The number of benzene rings is 1. The van der Waals surface area contributed by atoms with E-state index >= 15 is 0 Å². The van der Waals surface area contributed by atoms with Crippen LogP contribution in [-0.2, 0) is 28.6 Å². The number of esters is 2. The number of thiazole rings is 1. The van der Waals surface area contributed by atoms with Crippen molar-refractivity contribution < 1.29 is 46.2 Å². The third-order valence-corrected chi connectivity index (χ3v) is 9.11. The number of rotatable bonds is 9. The molecule has 5 rings (SSSR count). The van der Waals surface area contributed by atoms with E-state index in [1.165, 1.54) is 30.6 Å². The molecule has 2 fully saturated rings. The molecule has 3 aliphatic heterocycles. The first-order valence-electron chi connectivity index (χ1n) is 14.2. The van der Waals surface area contributed by atoms with Gasteiger partial charge in [-0.1, -0.05) is 17.7 Å². The van der Waals surface area contributed by atoms with Gasteiger partial charge in [0.2, 0.25) is 0 Å². The van der Waals surface area contributed by atoms with Gasteiger partial charge in [0, 0.05) is 46.5 Å². The molecule has 248 valence electrons. The standard InChI is InChI=1S/C29H30ClF4N5O6S/c1-3-45-21(40)11-28(38-27(42)29(32,33)34)9-16-13-44-14-17(10-28)39(16)12-20-22(26(41)43-2)23(18-5-4-15(31)8-19(18)30)37-24(36-20)25-35-6-7-46-25/h4-8,16-17,23H,3,9-14H2,1-2H3,(H,36,37)(H,38,42)/t16?,17?,23-,28?/m0/s1. The van der Waals surface area contributed by atoms with Crippen LogP contribution in [0.4, 0.5) is 17.6 Å². The summed E-state index contributed by atoms with van der Waals surface area (Å²) in [5.41, 5.74) is -0.788. The summed E-state index contributed by atoms with van der Waals surface area (Å²) < 4.78 is 70.1. The predicted octanol–water partition coefficient (Wildman–Crippen LogP) is 3.69. The molecule has 4 heterocycles. The van der Waals surface area contributed by atoms with Crippen molar-refractivity contribution in [2.24, 2.45) is 4.99 Å². The molecule has 11 nitrogen and oxygen atoms in total. The Morgan fingerprint density at radius 2 is 1.96 bits per heavy atom. The number of hydrogen-bond acceptors (Lipinski definition) is 11. The number of piperidine rings is 1. The minimum atomic E-state index is -5.17. The first kappa shape index (κ1) is 33.8. The Morgan fingerprint density at radius 1 is 1.24 bits per heavy atom. The summed E-state index contributed by atoms with van der Waals surface area (Å²) in [4.78, 5) is 49.1. The number of nitrogens with zero attached hydrogens (tertiary/aromatic N) is 3. The Labute approximate surface area is 269 Å². The molecule has 3 atom stereocenters. The van der Waals surface area contributed by atoms with Crippen LogP contribution >= 0.6 is 22.9 Å². The summed E-state index contributed by atoms with van der Waals surface area (Å²) in [6, 6.07) is 1.54. The highest BCUT2D eigenvalue weighted by Gasteiger charge is 2.52. The monoisotopic (exact) mass is 687 g/mol. The van der Waals surface area contributed by atoms with Crippen LogP contribution in [0.25, 0.3) is 0 Å². The van der Waals surface area contributed by atoms with Gasteiger partial charge >= 0.3 is 24.0 Å². The molecule has 0 saturated carbocycles. The number of methoxy groups -OCH3 is 1. The minimum absolute atomic E-state index is 0.0164. The number of amidine groups is 1. The molecule has 0 spiro atoms. The van der Waals surface area contributed by atoms with Gasteiger partial charge in [0.25, 0.3) is 0 Å². The van der Waals surface area contributed by atoms with Crippen LogP contribution in [0.3, 0.4) is 0 Å². The van der Waals surface area contributed by atoms with Gasteiger partial charge in [-0.05, 0) is 31.9 Å². The molecule has 1 amide bonds. The number of aliphatic imine (C=N–C) groups is 1. The van der Waals surface area contributed by atoms with Crippen molar-refractivity contribution >= 4 is 46.6 Å². The second kappa shape index (κ2) is 13.6. The van der Waals surface area contributed by atoms with Gasteiger partial charge in [-0.25, -0.2) is 14.2 Å². The number of alkyl halides is 3. The molecule has 46 heavy (non-hydrogen) atoms. The van der Waals surface area contributed by atoms with Crippen LogP contribution in [0.1, 0.15) is 42.8 Å². The topological polar surface area (TPSA) is 131 Å². The summed E-state index contributed by atoms with van der Waals surface area (Å²) in [5, 5.41) is 7.55. The normalized spacial score (nSPS) is 24.9. The van der Waals surface area contributed by atoms with Crippen LogP contribution in [0.2, 0.25) is 5.02 Å². The van der Waals surface area contributed by atoms with Gasteiger partial charge in [0.1, 0.15) is 11.9 Å². The lowest BCUT2D eigenvalue weighted by molar-refractivity contribution is -0.179. The molecule has 1 aromatic heterocycles. The third-order valence-electron chi connectivity index (χ3n) is 8.00. The van der Waals surface area contributed by atoms with Crippen molar-refractivity contribution in [3.05, 3.63) is 62.5 Å². The fourth-order valence-corrected chi connectivity index (χ4v) is 7.03. The van der Waals surface area contributed by atoms with Crippen molar-refractivity contribution in [1.82, 2.24) is 20.5 Å². The largest absolute Gasteiger partial charge is 0.471 e.